The van der Waals surface area contributed by atoms with Crippen LogP contribution in [0.4, 0.5) is 14.4 Å². The Hall–Kier alpha value is -3.57. The summed E-state index contributed by atoms with van der Waals surface area (Å²) in [7, 11) is 0. The fourth-order valence-electron chi connectivity index (χ4n) is 6.67. The third kappa shape index (κ3) is 8.71. The number of hydrogen-bond acceptors (Lipinski definition) is 9. The zero-order valence-electron chi connectivity index (χ0n) is 24.3. The number of carbonyl (C=O) groups excluding carboxylic acids is 5. The highest BCUT2D eigenvalue weighted by atomic mass is 16.6. The topological polar surface area (TPSA) is 150 Å². The Morgan fingerprint density at radius 1 is 0.805 bits per heavy atom. The van der Waals surface area contributed by atoms with Crippen molar-refractivity contribution in [2.75, 3.05) is 46.1 Å². The van der Waals surface area contributed by atoms with Crippen molar-refractivity contribution in [2.24, 2.45) is 29.1 Å². The minimum Gasteiger partial charge on any atom is -0.459 e. The van der Waals surface area contributed by atoms with Gasteiger partial charge in [0.25, 0.3) is 0 Å². The first kappa shape index (κ1) is 32.0. The van der Waals surface area contributed by atoms with E-state index in [0.717, 1.165) is 37.0 Å². The van der Waals surface area contributed by atoms with Crippen molar-refractivity contribution in [1.29, 1.82) is 0 Å². The first-order valence-electron chi connectivity index (χ1n) is 14.2. The molecule has 0 aromatic rings. The molecule has 4 amide bonds. The van der Waals surface area contributed by atoms with E-state index in [1.807, 2.05) is 0 Å². The minimum absolute atomic E-state index is 0.00923. The monoisotopic (exact) mass is 577 g/mol. The van der Waals surface area contributed by atoms with Crippen molar-refractivity contribution in [3.8, 4) is 0 Å². The number of nitrogens with zero attached hydrogens (tertiary/aromatic N) is 1. The molecule has 2 N–H and O–H groups in total. The lowest BCUT2D eigenvalue weighted by Crippen LogP contribution is -2.57. The first-order chi connectivity index (χ1) is 19.4. The third-order valence-corrected chi connectivity index (χ3v) is 8.26. The van der Waals surface area contributed by atoms with E-state index in [9.17, 15) is 24.0 Å². The van der Waals surface area contributed by atoms with Gasteiger partial charge in [0.05, 0.1) is 0 Å². The summed E-state index contributed by atoms with van der Waals surface area (Å²) in [5.41, 5.74) is 0.543. The van der Waals surface area contributed by atoms with Gasteiger partial charge in [-0.3, -0.25) is 0 Å². The molecule has 0 heterocycles. The normalized spacial score (nSPS) is 25.4. The van der Waals surface area contributed by atoms with E-state index in [-0.39, 0.29) is 49.5 Å². The van der Waals surface area contributed by atoms with Crippen molar-refractivity contribution in [3.05, 3.63) is 24.3 Å². The van der Waals surface area contributed by atoms with E-state index in [2.05, 4.69) is 23.8 Å². The van der Waals surface area contributed by atoms with Crippen molar-refractivity contribution in [1.82, 2.24) is 15.5 Å². The Balaban J connectivity index is 1.42. The summed E-state index contributed by atoms with van der Waals surface area (Å²) in [5, 5.41) is 5.83. The van der Waals surface area contributed by atoms with Gasteiger partial charge in [-0.25, -0.2) is 28.9 Å². The molecular weight excluding hydrogens is 534 g/mol. The summed E-state index contributed by atoms with van der Waals surface area (Å²) in [6.45, 7) is 12.5. The highest BCUT2D eigenvalue weighted by Gasteiger charge is 2.55. The maximum atomic E-state index is 12.8. The highest BCUT2D eigenvalue weighted by Crippen LogP contribution is 2.61. The fourth-order valence-corrected chi connectivity index (χ4v) is 6.67. The molecule has 0 aromatic carbocycles. The van der Waals surface area contributed by atoms with Gasteiger partial charge in [-0.1, -0.05) is 13.2 Å². The van der Waals surface area contributed by atoms with Crippen molar-refractivity contribution < 1.29 is 42.9 Å². The SMILES string of the molecule is C=C(C)C(=O)OCCOC(=O)NCC12CC3CC(C1)C(CNC(=O)N(CC)C(=O)OCCOC(=O)C(=C)C)C(C3)C2. The lowest BCUT2D eigenvalue weighted by atomic mass is 9.46. The molecule has 0 aromatic heterocycles. The van der Waals surface area contributed by atoms with Gasteiger partial charge in [0.2, 0.25) is 0 Å². The van der Waals surface area contributed by atoms with Gasteiger partial charge in [-0.05, 0) is 82.0 Å². The summed E-state index contributed by atoms with van der Waals surface area (Å²) < 4.78 is 20.1. The maximum Gasteiger partial charge on any atom is 0.418 e. The van der Waals surface area contributed by atoms with Crippen molar-refractivity contribution in [2.45, 2.75) is 52.9 Å². The number of imide groups is 1. The number of ether oxygens (including phenoxy) is 4. The van der Waals surface area contributed by atoms with Crippen LogP contribution >= 0.6 is 0 Å². The van der Waals surface area contributed by atoms with Crippen LogP contribution in [0, 0.1) is 29.1 Å². The molecule has 0 radical (unpaired) electrons. The van der Waals surface area contributed by atoms with Crippen LogP contribution < -0.4 is 10.6 Å². The van der Waals surface area contributed by atoms with Crippen LogP contribution in [-0.2, 0) is 28.5 Å². The smallest absolute Gasteiger partial charge is 0.418 e. The molecule has 228 valence electrons. The standard InChI is InChI=1S/C29H43N3O9/c1-6-32(28(37)41-10-8-39-25(34)19(4)5)26(35)30-16-23-21-11-20-12-22(23)15-29(13-20,14-21)17-31-27(36)40-9-7-38-24(33)18(2)3/h20-23H,2,4,6-17H2,1,3,5H3,(H,30,35)(H,31,36). The summed E-state index contributed by atoms with van der Waals surface area (Å²) in [4.78, 5) is 61.3. The van der Waals surface area contributed by atoms with Gasteiger partial charge in [0, 0.05) is 30.8 Å². The van der Waals surface area contributed by atoms with E-state index in [0.29, 0.717) is 36.8 Å². The number of rotatable bonds is 13. The largest absolute Gasteiger partial charge is 0.459 e. The third-order valence-electron chi connectivity index (χ3n) is 8.26. The molecule has 12 nitrogen and oxygen atoms in total. The van der Waals surface area contributed by atoms with E-state index in [1.165, 1.54) is 6.92 Å². The molecule has 4 bridgehead atoms. The van der Waals surface area contributed by atoms with Gasteiger partial charge in [0.15, 0.2) is 0 Å². The molecule has 2 unspecified atom stereocenters. The zero-order valence-corrected chi connectivity index (χ0v) is 24.3. The number of carbonyl (C=O) groups is 5. The van der Waals surface area contributed by atoms with Gasteiger partial charge < -0.3 is 29.6 Å². The van der Waals surface area contributed by atoms with Crippen LogP contribution in [0.3, 0.4) is 0 Å². The number of alkyl carbamates (subject to hydrolysis) is 1. The maximum absolute atomic E-state index is 12.8. The molecule has 2 atom stereocenters. The molecular formula is C29H43N3O9. The predicted octanol–water partition coefficient (Wildman–Crippen LogP) is 3.56. The Morgan fingerprint density at radius 2 is 1.34 bits per heavy atom. The molecule has 4 fully saturated rings. The lowest BCUT2D eigenvalue weighted by Gasteiger charge is -2.60. The minimum atomic E-state index is -0.799. The van der Waals surface area contributed by atoms with Gasteiger partial charge >= 0.3 is 30.2 Å². The number of urea groups is 1. The summed E-state index contributed by atoms with van der Waals surface area (Å²) in [5.74, 6) is 0.652. The van der Waals surface area contributed by atoms with Crippen molar-refractivity contribution >= 4 is 30.2 Å². The molecule has 0 aliphatic heterocycles. The highest BCUT2D eigenvalue weighted by molar-refractivity contribution is 5.91. The van der Waals surface area contributed by atoms with E-state index in [1.54, 1.807) is 13.8 Å². The van der Waals surface area contributed by atoms with Crippen molar-refractivity contribution in [3.63, 3.8) is 0 Å². The molecule has 4 aliphatic rings. The van der Waals surface area contributed by atoms with Gasteiger partial charge in [-0.15, -0.1) is 0 Å². The molecule has 12 heteroatoms. The molecule has 4 aliphatic carbocycles. The number of esters is 2. The Labute approximate surface area is 241 Å². The average molecular weight is 578 g/mol. The summed E-state index contributed by atoms with van der Waals surface area (Å²) in [6, 6.07) is -0.515. The molecule has 0 spiro atoms. The van der Waals surface area contributed by atoms with Crippen LogP contribution in [0.5, 0.6) is 0 Å². The number of nitrogens with one attached hydrogen (secondary N) is 2. The fraction of sp³-hybridized carbons (Fsp3) is 0.690. The molecule has 4 saturated carbocycles. The second-order valence-electron chi connectivity index (χ2n) is 11.5. The molecule has 4 rings (SSSR count). The molecule has 0 saturated heterocycles. The second-order valence-corrected chi connectivity index (χ2v) is 11.5. The quantitative estimate of drug-likeness (QED) is 0.145. The van der Waals surface area contributed by atoms with Gasteiger partial charge in [-0.2, -0.15) is 0 Å². The van der Waals surface area contributed by atoms with Crippen LogP contribution in [0.25, 0.3) is 0 Å². The Bertz CT molecular complexity index is 1030. The first-order valence-corrected chi connectivity index (χ1v) is 14.2. The lowest BCUT2D eigenvalue weighted by molar-refractivity contribution is -0.140. The summed E-state index contributed by atoms with van der Waals surface area (Å²) >= 11 is 0. The van der Waals surface area contributed by atoms with E-state index < -0.39 is 30.2 Å². The van der Waals surface area contributed by atoms with Gasteiger partial charge in [0.1, 0.15) is 26.4 Å². The van der Waals surface area contributed by atoms with Crippen LogP contribution in [0.2, 0.25) is 0 Å². The van der Waals surface area contributed by atoms with Crippen LogP contribution in [0.1, 0.15) is 52.9 Å². The van der Waals surface area contributed by atoms with E-state index in [4.69, 9.17) is 18.9 Å². The molecule has 41 heavy (non-hydrogen) atoms. The van der Waals surface area contributed by atoms with Crippen LogP contribution in [0.15, 0.2) is 24.3 Å². The number of amides is 4. The summed E-state index contributed by atoms with van der Waals surface area (Å²) in [6.07, 6.45) is 3.84. The zero-order chi connectivity index (χ0) is 30.2. The van der Waals surface area contributed by atoms with E-state index >= 15 is 0 Å². The average Bonchev–Trinajstić information content (AvgIpc) is 2.91. The van der Waals surface area contributed by atoms with Crippen LogP contribution in [-0.4, -0.2) is 81.1 Å². The number of hydrogen-bond donors (Lipinski definition) is 2. The Kier molecular flexibility index (Phi) is 11.2. The Morgan fingerprint density at radius 3 is 1.88 bits per heavy atom. The second kappa shape index (κ2) is 14.4. The predicted molar refractivity (Wildman–Crippen MR) is 148 cm³/mol.